The van der Waals surface area contributed by atoms with Crippen LogP contribution in [0.3, 0.4) is 0 Å². The molecule has 140 valence electrons. The van der Waals surface area contributed by atoms with Crippen molar-refractivity contribution in [3.8, 4) is 0 Å². The second-order valence-corrected chi connectivity index (χ2v) is 6.57. The normalized spacial score (nSPS) is 12.0. The van der Waals surface area contributed by atoms with E-state index < -0.39 is 5.97 Å². The van der Waals surface area contributed by atoms with Gasteiger partial charge in [0.25, 0.3) is 5.91 Å². The van der Waals surface area contributed by atoms with Crippen molar-refractivity contribution in [1.82, 2.24) is 0 Å². The average Bonchev–Trinajstić information content (AvgIpc) is 3.03. The van der Waals surface area contributed by atoms with Crippen LogP contribution in [0.25, 0.3) is 11.0 Å². The fourth-order valence-electron chi connectivity index (χ4n) is 3.01. The molecule has 0 fully saturated rings. The Bertz CT molecular complexity index is 973. The van der Waals surface area contributed by atoms with Crippen LogP contribution in [0.5, 0.6) is 0 Å². The van der Waals surface area contributed by atoms with Crippen LogP contribution in [0.2, 0.25) is 0 Å². The molecule has 2 aromatic carbocycles. The van der Waals surface area contributed by atoms with Gasteiger partial charge in [-0.2, -0.15) is 0 Å². The van der Waals surface area contributed by atoms with Crippen molar-refractivity contribution in [2.75, 3.05) is 11.9 Å². The molecule has 0 radical (unpaired) electrons. The predicted molar refractivity (Wildman–Crippen MR) is 105 cm³/mol. The molecule has 0 aliphatic heterocycles. The zero-order valence-electron chi connectivity index (χ0n) is 15.7. The third kappa shape index (κ3) is 4.03. The number of carbonyl (C=O) groups excluding carboxylic acids is 2. The first-order valence-electron chi connectivity index (χ1n) is 9.05. The summed E-state index contributed by atoms with van der Waals surface area (Å²) in [5.41, 5.74) is 3.13. The molecule has 1 amide bonds. The van der Waals surface area contributed by atoms with E-state index >= 15 is 0 Å². The van der Waals surface area contributed by atoms with Crippen LogP contribution in [0.4, 0.5) is 5.69 Å². The van der Waals surface area contributed by atoms with E-state index in [-0.39, 0.29) is 18.3 Å². The lowest BCUT2D eigenvalue weighted by molar-refractivity contribution is -0.119. The third-order valence-electron chi connectivity index (χ3n) is 4.74. The molecule has 0 aliphatic carbocycles. The van der Waals surface area contributed by atoms with Crippen molar-refractivity contribution >= 4 is 28.5 Å². The summed E-state index contributed by atoms with van der Waals surface area (Å²) < 4.78 is 10.7. The summed E-state index contributed by atoms with van der Waals surface area (Å²) >= 11 is 0. The maximum absolute atomic E-state index is 12.3. The minimum atomic E-state index is -0.644. The quantitative estimate of drug-likeness (QED) is 0.621. The number of rotatable bonds is 6. The van der Waals surface area contributed by atoms with Crippen LogP contribution in [-0.4, -0.2) is 18.5 Å². The first-order chi connectivity index (χ1) is 13.0. The maximum Gasteiger partial charge on any atom is 0.375 e. The molecular weight excluding hydrogens is 342 g/mol. The van der Waals surface area contributed by atoms with Gasteiger partial charge in [0, 0.05) is 16.6 Å². The molecule has 1 aromatic heterocycles. The number of nitrogens with one attached hydrogen (secondary N) is 1. The second kappa shape index (κ2) is 8.08. The van der Waals surface area contributed by atoms with E-state index in [4.69, 9.17) is 9.15 Å². The van der Waals surface area contributed by atoms with Crippen molar-refractivity contribution in [3.63, 3.8) is 0 Å². The largest absolute Gasteiger partial charge is 0.450 e. The van der Waals surface area contributed by atoms with Crippen molar-refractivity contribution in [3.05, 3.63) is 65.4 Å². The number of fused-ring (bicyclic) bond motifs is 1. The van der Waals surface area contributed by atoms with Crippen LogP contribution < -0.4 is 5.32 Å². The van der Waals surface area contributed by atoms with E-state index in [1.807, 2.05) is 42.5 Å². The Morgan fingerprint density at radius 1 is 1.11 bits per heavy atom. The molecule has 27 heavy (non-hydrogen) atoms. The highest BCUT2D eigenvalue weighted by atomic mass is 16.5. The topological polar surface area (TPSA) is 68.5 Å². The minimum Gasteiger partial charge on any atom is -0.450 e. The molecular formula is C22H23NO4. The molecule has 0 spiro atoms. The fraction of sp³-hybridized carbons (Fsp3) is 0.273. The Morgan fingerprint density at radius 2 is 1.81 bits per heavy atom. The van der Waals surface area contributed by atoms with Gasteiger partial charge in [-0.05, 0) is 37.0 Å². The van der Waals surface area contributed by atoms with E-state index in [0.717, 1.165) is 23.1 Å². The number of carbonyl (C=O) groups is 2. The lowest BCUT2D eigenvalue weighted by Gasteiger charge is -2.15. The Hall–Kier alpha value is -3.08. The van der Waals surface area contributed by atoms with E-state index in [0.29, 0.717) is 17.1 Å². The molecule has 5 heteroatoms. The number of anilines is 1. The highest BCUT2D eigenvalue weighted by Gasteiger charge is 2.20. The van der Waals surface area contributed by atoms with Crippen molar-refractivity contribution in [2.24, 2.45) is 0 Å². The third-order valence-corrected chi connectivity index (χ3v) is 4.74. The van der Waals surface area contributed by atoms with Crippen LogP contribution in [0.15, 0.2) is 52.9 Å². The smallest absolute Gasteiger partial charge is 0.375 e. The minimum absolute atomic E-state index is 0.129. The fourth-order valence-corrected chi connectivity index (χ4v) is 3.01. The SMILES string of the molecule is CC[C@@H](C)c1ccccc1NC(=O)COC(=O)c1oc2ccccc2c1C. The Kier molecular flexibility index (Phi) is 5.60. The van der Waals surface area contributed by atoms with E-state index in [2.05, 4.69) is 19.2 Å². The van der Waals surface area contributed by atoms with Gasteiger partial charge in [-0.25, -0.2) is 4.79 Å². The van der Waals surface area contributed by atoms with E-state index in [1.165, 1.54) is 0 Å². The van der Waals surface area contributed by atoms with Gasteiger partial charge in [0.2, 0.25) is 5.76 Å². The predicted octanol–water partition coefficient (Wildman–Crippen LogP) is 5.05. The average molecular weight is 365 g/mol. The molecule has 0 unspecified atom stereocenters. The zero-order chi connectivity index (χ0) is 19.4. The molecule has 3 aromatic rings. The summed E-state index contributed by atoms with van der Waals surface area (Å²) in [5, 5.41) is 3.68. The number of ether oxygens (including phenoxy) is 1. The van der Waals surface area contributed by atoms with Gasteiger partial charge in [0.15, 0.2) is 6.61 Å². The maximum atomic E-state index is 12.3. The summed E-state index contributed by atoms with van der Waals surface area (Å²) in [6.45, 7) is 5.63. The number of hydrogen-bond acceptors (Lipinski definition) is 4. The highest BCUT2D eigenvalue weighted by Crippen LogP contribution is 2.27. The van der Waals surface area contributed by atoms with Crippen molar-refractivity contribution in [2.45, 2.75) is 33.1 Å². The number of para-hydroxylation sites is 2. The second-order valence-electron chi connectivity index (χ2n) is 6.57. The number of benzene rings is 2. The summed E-state index contributed by atoms with van der Waals surface area (Å²) in [7, 11) is 0. The number of furan rings is 1. The summed E-state index contributed by atoms with van der Waals surface area (Å²) in [6.07, 6.45) is 0.965. The molecule has 1 heterocycles. The van der Waals surface area contributed by atoms with Gasteiger partial charge in [0.05, 0.1) is 0 Å². The first-order valence-corrected chi connectivity index (χ1v) is 9.05. The molecule has 3 rings (SSSR count). The van der Waals surface area contributed by atoms with Gasteiger partial charge in [-0.3, -0.25) is 4.79 Å². The van der Waals surface area contributed by atoms with Crippen LogP contribution in [0, 0.1) is 6.92 Å². The molecule has 5 nitrogen and oxygen atoms in total. The van der Waals surface area contributed by atoms with Crippen LogP contribution in [-0.2, 0) is 9.53 Å². The molecule has 1 N–H and O–H groups in total. The van der Waals surface area contributed by atoms with Gasteiger partial charge < -0.3 is 14.5 Å². The van der Waals surface area contributed by atoms with Crippen LogP contribution >= 0.6 is 0 Å². The Morgan fingerprint density at radius 3 is 2.56 bits per heavy atom. The summed E-state index contributed by atoms with van der Waals surface area (Å²) in [4.78, 5) is 24.6. The number of aryl methyl sites for hydroxylation is 1. The number of amides is 1. The lowest BCUT2D eigenvalue weighted by atomic mass is 9.97. The summed E-state index contributed by atoms with van der Waals surface area (Å²) in [6, 6.07) is 15.0. The zero-order valence-corrected chi connectivity index (χ0v) is 15.7. The van der Waals surface area contributed by atoms with Crippen molar-refractivity contribution in [1.29, 1.82) is 0 Å². The van der Waals surface area contributed by atoms with E-state index in [1.54, 1.807) is 13.0 Å². The highest BCUT2D eigenvalue weighted by molar-refractivity contribution is 5.98. The molecule has 1 atom stereocenters. The first kappa shape index (κ1) is 18.7. The van der Waals surface area contributed by atoms with Crippen LogP contribution in [0.1, 0.15) is 47.9 Å². The van der Waals surface area contributed by atoms with Gasteiger partial charge in [-0.1, -0.05) is 50.2 Å². The summed E-state index contributed by atoms with van der Waals surface area (Å²) in [5.74, 6) is -0.576. The van der Waals surface area contributed by atoms with Gasteiger partial charge in [0.1, 0.15) is 5.58 Å². The lowest BCUT2D eigenvalue weighted by Crippen LogP contribution is -2.21. The molecule has 0 saturated heterocycles. The van der Waals surface area contributed by atoms with Crippen molar-refractivity contribution < 1.29 is 18.7 Å². The van der Waals surface area contributed by atoms with E-state index in [9.17, 15) is 9.59 Å². The standard InChI is InChI=1S/C22H23NO4/c1-4-14(2)16-9-5-7-11-18(16)23-20(24)13-26-22(25)21-15(3)17-10-6-8-12-19(17)27-21/h5-12,14H,4,13H2,1-3H3,(H,23,24)/t14-/m1/s1. The molecule has 0 bridgehead atoms. The number of hydrogen-bond donors (Lipinski definition) is 1. The number of esters is 1. The van der Waals surface area contributed by atoms with Gasteiger partial charge in [-0.15, -0.1) is 0 Å². The monoisotopic (exact) mass is 365 g/mol. The Labute approximate surface area is 158 Å². The Balaban J connectivity index is 1.65. The molecule has 0 saturated carbocycles. The van der Waals surface area contributed by atoms with Gasteiger partial charge >= 0.3 is 5.97 Å². The molecule has 0 aliphatic rings.